The van der Waals surface area contributed by atoms with Crippen LogP contribution in [0.25, 0.3) is 0 Å². The molecule has 2 heteroatoms. The topological polar surface area (TPSA) is 35.2 Å². The summed E-state index contributed by atoms with van der Waals surface area (Å²) in [6.45, 7) is 5.84. The summed E-state index contributed by atoms with van der Waals surface area (Å²) in [5.74, 6) is 0. The second kappa shape index (κ2) is 9.01. The van der Waals surface area contributed by atoms with Gasteiger partial charge in [-0.1, -0.05) is 20.3 Å². The third kappa shape index (κ3) is 6.62. The van der Waals surface area contributed by atoms with E-state index in [2.05, 4.69) is 6.92 Å². The second-order valence-corrected chi connectivity index (χ2v) is 3.19. The number of hydrogen-bond donors (Lipinski definition) is 1. The molecule has 0 aliphatic heterocycles. The van der Waals surface area contributed by atoms with Gasteiger partial charge in [-0.15, -0.1) is 0 Å². The van der Waals surface area contributed by atoms with E-state index in [1.165, 1.54) is 32.1 Å². The van der Waals surface area contributed by atoms with Crippen molar-refractivity contribution in [3.05, 3.63) is 0 Å². The molecule has 0 amide bonds. The quantitative estimate of drug-likeness (QED) is 0.666. The molecule has 1 aliphatic carbocycles. The fourth-order valence-corrected chi connectivity index (χ4v) is 0.932. The minimum atomic E-state index is 0. The molecule has 0 heterocycles. The van der Waals surface area contributed by atoms with E-state index in [1.807, 2.05) is 6.92 Å². The second-order valence-electron chi connectivity index (χ2n) is 3.19. The minimum absolute atomic E-state index is 0. The van der Waals surface area contributed by atoms with Crippen molar-refractivity contribution in [3.8, 4) is 0 Å². The molecule has 0 aromatic rings. The summed E-state index contributed by atoms with van der Waals surface area (Å²) in [6.07, 6.45) is 7.13. The lowest BCUT2D eigenvalue weighted by atomic mass is 9.96. The first-order chi connectivity index (χ1) is 5.85. The van der Waals surface area contributed by atoms with E-state index >= 15 is 0 Å². The predicted molar refractivity (Wildman–Crippen MR) is 55.3 cm³/mol. The largest absolute Gasteiger partial charge is 0.378 e. The van der Waals surface area contributed by atoms with E-state index in [0.29, 0.717) is 6.10 Å². The zero-order chi connectivity index (χ0) is 9.23. The summed E-state index contributed by atoms with van der Waals surface area (Å²) < 4.78 is 5.52. The standard InChI is InChI=1S/C8H16O.C2H7N.H2/c1-2-3-7-9-8-5-4-6-8;1-2-3;/h8H,2-7H2,1H3;2-3H2,1H3;1H. The molecule has 1 aliphatic rings. The molecule has 0 atom stereocenters. The zero-order valence-corrected chi connectivity index (χ0v) is 8.51. The molecule has 0 spiro atoms. The van der Waals surface area contributed by atoms with Crippen LogP contribution in [0.1, 0.15) is 47.4 Å². The average molecular weight is 175 g/mol. The monoisotopic (exact) mass is 175 g/mol. The first kappa shape index (κ1) is 11.9. The van der Waals surface area contributed by atoms with Crippen molar-refractivity contribution in [2.75, 3.05) is 13.2 Å². The van der Waals surface area contributed by atoms with Crippen molar-refractivity contribution >= 4 is 0 Å². The Hall–Kier alpha value is -0.0800. The number of ether oxygens (including phenoxy) is 1. The number of rotatable bonds is 4. The third-order valence-corrected chi connectivity index (χ3v) is 1.90. The van der Waals surface area contributed by atoms with Gasteiger partial charge in [0.25, 0.3) is 0 Å². The normalized spacial score (nSPS) is 16.2. The lowest BCUT2D eigenvalue weighted by molar-refractivity contribution is 0.00117. The maximum absolute atomic E-state index is 5.52. The van der Waals surface area contributed by atoms with Gasteiger partial charge < -0.3 is 10.5 Å². The van der Waals surface area contributed by atoms with E-state index in [0.717, 1.165) is 13.2 Å². The molecule has 1 saturated carbocycles. The van der Waals surface area contributed by atoms with Crippen LogP contribution in [0.4, 0.5) is 0 Å². The summed E-state index contributed by atoms with van der Waals surface area (Å²) >= 11 is 0. The molecule has 0 radical (unpaired) electrons. The molecule has 1 rings (SSSR count). The van der Waals surface area contributed by atoms with Crippen molar-refractivity contribution in [1.82, 2.24) is 0 Å². The smallest absolute Gasteiger partial charge is 0.0575 e. The molecule has 0 aromatic heterocycles. The van der Waals surface area contributed by atoms with Gasteiger partial charge in [0.15, 0.2) is 0 Å². The molecular weight excluding hydrogens is 150 g/mol. The van der Waals surface area contributed by atoms with E-state index in [-0.39, 0.29) is 1.43 Å². The Labute approximate surface area is 78.0 Å². The molecule has 2 N–H and O–H groups in total. The molecule has 0 unspecified atom stereocenters. The Morgan fingerprint density at radius 2 is 2.00 bits per heavy atom. The Balaban J connectivity index is 0. The number of unbranched alkanes of at least 4 members (excludes halogenated alkanes) is 1. The first-order valence-electron chi connectivity index (χ1n) is 5.16. The van der Waals surface area contributed by atoms with Crippen LogP contribution >= 0.6 is 0 Å². The highest BCUT2D eigenvalue weighted by Gasteiger charge is 2.16. The summed E-state index contributed by atoms with van der Waals surface area (Å²) in [5, 5.41) is 0. The van der Waals surface area contributed by atoms with Crippen LogP contribution in [-0.2, 0) is 4.74 Å². The van der Waals surface area contributed by atoms with E-state index in [4.69, 9.17) is 10.5 Å². The van der Waals surface area contributed by atoms with Crippen molar-refractivity contribution in [2.45, 2.75) is 52.1 Å². The fraction of sp³-hybridized carbons (Fsp3) is 1.00. The highest BCUT2D eigenvalue weighted by molar-refractivity contribution is 4.68. The van der Waals surface area contributed by atoms with Crippen LogP contribution in [0.3, 0.4) is 0 Å². The molecule has 0 bridgehead atoms. The van der Waals surface area contributed by atoms with Gasteiger partial charge in [-0.3, -0.25) is 0 Å². The van der Waals surface area contributed by atoms with Gasteiger partial charge >= 0.3 is 0 Å². The molecule has 2 nitrogen and oxygen atoms in total. The Morgan fingerprint density at radius 3 is 2.33 bits per heavy atom. The summed E-state index contributed by atoms with van der Waals surface area (Å²) in [4.78, 5) is 0. The van der Waals surface area contributed by atoms with Gasteiger partial charge in [0.05, 0.1) is 6.10 Å². The molecular formula is C10H25NO. The Kier molecular flexibility index (Phi) is 8.95. The highest BCUT2D eigenvalue weighted by Crippen LogP contribution is 2.21. The Bertz CT molecular complexity index is 87.0. The van der Waals surface area contributed by atoms with E-state index in [1.54, 1.807) is 0 Å². The average Bonchev–Trinajstić information content (AvgIpc) is 1.96. The lowest BCUT2D eigenvalue weighted by Gasteiger charge is -2.25. The number of hydrogen-bond acceptors (Lipinski definition) is 2. The van der Waals surface area contributed by atoms with E-state index < -0.39 is 0 Å². The van der Waals surface area contributed by atoms with Gasteiger partial charge in [-0.25, -0.2) is 0 Å². The minimum Gasteiger partial charge on any atom is -0.378 e. The Morgan fingerprint density at radius 1 is 1.42 bits per heavy atom. The van der Waals surface area contributed by atoms with Crippen LogP contribution in [0.5, 0.6) is 0 Å². The lowest BCUT2D eigenvalue weighted by Crippen LogP contribution is -2.21. The highest BCUT2D eigenvalue weighted by atomic mass is 16.5. The number of nitrogens with two attached hydrogens (primary N) is 1. The van der Waals surface area contributed by atoms with Crippen LogP contribution in [0, 0.1) is 0 Å². The first-order valence-corrected chi connectivity index (χ1v) is 5.16. The summed E-state index contributed by atoms with van der Waals surface area (Å²) in [7, 11) is 0. The summed E-state index contributed by atoms with van der Waals surface area (Å²) in [6, 6.07) is 0. The maximum atomic E-state index is 5.52. The van der Waals surface area contributed by atoms with Crippen molar-refractivity contribution < 1.29 is 6.16 Å². The van der Waals surface area contributed by atoms with Gasteiger partial charge in [0.1, 0.15) is 0 Å². The zero-order valence-electron chi connectivity index (χ0n) is 8.51. The SMILES string of the molecule is CCCCOC1CCC1.CCN.[HH]. The van der Waals surface area contributed by atoms with Gasteiger partial charge in [-0.2, -0.15) is 0 Å². The molecule has 0 aromatic carbocycles. The van der Waals surface area contributed by atoms with Crippen LogP contribution in [0.2, 0.25) is 0 Å². The molecule has 12 heavy (non-hydrogen) atoms. The van der Waals surface area contributed by atoms with Crippen molar-refractivity contribution in [1.29, 1.82) is 0 Å². The van der Waals surface area contributed by atoms with Crippen molar-refractivity contribution in [3.63, 3.8) is 0 Å². The maximum Gasteiger partial charge on any atom is 0.0575 e. The van der Waals surface area contributed by atoms with Crippen LogP contribution in [-0.4, -0.2) is 19.3 Å². The summed E-state index contributed by atoms with van der Waals surface area (Å²) in [5.41, 5.74) is 4.85. The van der Waals surface area contributed by atoms with Gasteiger partial charge in [0.2, 0.25) is 0 Å². The van der Waals surface area contributed by atoms with E-state index in [9.17, 15) is 0 Å². The van der Waals surface area contributed by atoms with Crippen LogP contribution in [0.15, 0.2) is 0 Å². The fourth-order valence-electron chi connectivity index (χ4n) is 0.932. The predicted octanol–water partition coefficient (Wildman–Crippen LogP) is 2.57. The third-order valence-electron chi connectivity index (χ3n) is 1.90. The van der Waals surface area contributed by atoms with Gasteiger partial charge in [0, 0.05) is 8.03 Å². The van der Waals surface area contributed by atoms with Gasteiger partial charge in [-0.05, 0) is 32.2 Å². The van der Waals surface area contributed by atoms with Crippen molar-refractivity contribution in [2.24, 2.45) is 5.73 Å². The molecule has 1 fully saturated rings. The molecule has 76 valence electrons. The van der Waals surface area contributed by atoms with Crippen LogP contribution < -0.4 is 5.73 Å². The molecule has 0 saturated heterocycles.